The second-order valence-electron chi connectivity index (χ2n) is 6.06. The Hall–Kier alpha value is -3.73. The van der Waals surface area contributed by atoms with E-state index in [9.17, 15) is 18.0 Å². The van der Waals surface area contributed by atoms with Crippen LogP contribution in [0.3, 0.4) is 0 Å². The van der Waals surface area contributed by atoms with Crippen molar-refractivity contribution in [2.45, 2.75) is 11.8 Å². The Labute approximate surface area is 157 Å². The van der Waals surface area contributed by atoms with Crippen molar-refractivity contribution in [3.8, 4) is 5.69 Å². The molecule has 0 saturated carbocycles. The van der Waals surface area contributed by atoms with Crippen LogP contribution in [0.25, 0.3) is 16.7 Å². The van der Waals surface area contributed by atoms with Crippen molar-refractivity contribution in [3.63, 3.8) is 0 Å². The fourth-order valence-corrected chi connectivity index (χ4v) is 4.09. The summed E-state index contributed by atoms with van der Waals surface area (Å²) in [5.41, 5.74) is 0.420. The average Bonchev–Trinajstić information content (AvgIpc) is 3.17. The smallest absolute Gasteiger partial charge is 0.314 e. The van der Waals surface area contributed by atoms with Gasteiger partial charge in [0.05, 0.1) is 21.6 Å². The summed E-state index contributed by atoms with van der Waals surface area (Å²) in [6.07, 6.45) is 2.93. The number of nitrogens with one attached hydrogen (secondary N) is 3. The Morgan fingerprint density at radius 2 is 1.64 bits per heavy atom. The van der Waals surface area contributed by atoms with E-state index in [1.165, 1.54) is 24.8 Å². The second-order valence-corrected chi connectivity index (χ2v) is 7.71. The van der Waals surface area contributed by atoms with Crippen molar-refractivity contribution in [2.24, 2.45) is 0 Å². The molecule has 0 aliphatic heterocycles. The lowest BCUT2D eigenvalue weighted by atomic mass is 10.2. The second kappa shape index (κ2) is 6.46. The van der Waals surface area contributed by atoms with E-state index in [4.69, 9.17) is 0 Å². The first-order chi connectivity index (χ1) is 13.3. The van der Waals surface area contributed by atoms with Gasteiger partial charge < -0.3 is 9.97 Å². The van der Waals surface area contributed by atoms with Crippen LogP contribution in [0.5, 0.6) is 0 Å². The molecule has 0 bridgehead atoms. The summed E-state index contributed by atoms with van der Waals surface area (Å²) in [6, 6.07) is 9.40. The molecule has 3 N–H and O–H groups in total. The van der Waals surface area contributed by atoms with Crippen LogP contribution >= 0.6 is 0 Å². The van der Waals surface area contributed by atoms with Gasteiger partial charge in [-0.05, 0) is 48.9 Å². The monoisotopic (exact) mass is 398 g/mol. The van der Waals surface area contributed by atoms with Gasteiger partial charge in [0.25, 0.3) is 10.0 Å². The van der Waals surface area contributed by atoms with Gasteiger partial charge in [-0.3, -0.25) is 14.3 Å². The predicted octanol–water partition coefficient (Wildman–Crippen LogP) is 0.906. The lowest BCUT2D eigenvalue weighted by Gasteiger charge is -2.12. The number of H-pyrrole nitrogens is 2. The van der Waals surface area contributed by atoms with E-state index in [-0.39, 0.29) is 10.4 Å². The van der Waals surface area contributed by atoms with Crippen LogP contribution in [-0.4, -0.2) is 33.2 Å². The molecule has 4 aromatic rings. The molecule has 0 fully saturated rings. The fraction of sp³-hybridized carbons (Fsp3) is 0.0588. The third-order valence-electron chi connectivity index (χ3n) is 4.11. The molecule has 11 heteroatoms. The largest absolute Gasteiger partial charge is 0.316 e. The number of sulfonamides is 1. The van der Waals surface area contributed by atoms with E-state index in [0.717, 1.165) is 5.69 Å². The summed E-state index contributed by atoms with van der Waals surface area (Å²) < 4.78 is 29.7. The number of rotatable bonds is 4. The summed E-state index contributed by atoms with van der Waals surface area (Å²) in [4.78, 5) is 31.6. The maximum absolute atomic E-state index is 12.8. The van der Waals surface area contributed by atoms with Gasteiger partial charge in [-0.15, -0.1) is 0 Å². The number of anilines is 1. The molecule has 0 saturated heterocycles. The molecular weight excluding hydrogens is 384 g/mol. The number of hydrogen-bond donors (Lipinski definition) is 3. The minimum Gasteiger partial charge on any atom is -0.316 e. The highest BCUT2D eigenvalue weighted by Gasteiger charge is 2.18. The Kier molecular flexibility index (Phi) is 4.08. The van der Waals surface area contributed by atoms with Crippen molar-refractivity contribution in [1.29, 1.82) is 0 Å². The van der Waals surface area contributed by atoms with Gasteiger partial charge in [-0.1, -0.05) is 0 Å². The Bertz CT molecular complexity index is 1390. The Morgan fingerprint density at radius 1 is 1.00 bits per heavy atom. The van der Waals surface area contributed by atoms with Crippen LogP contribution in [0.4, 0.5) is 5.69 Å². The molecule has 0 radical (unpaired) electrons. The standard InChI is InChI=1S/C17H14N6O4S/c1-10-6-13-14(21-17(25)16(24)20-13)7-15(10)28(26,27)22-11-2-4-12(5-3-11)23-9-18-8-19-23/h2-9,22H,1H3,(H,20,24)(H,21,25). The molecule has 0 atom stereocenters. The van der Waals surface area contributed by atoms with Crippen LogP contribution in [-0.2, 0) is 10.0 Å². The first-order valence-corrected chi connectivity index (χ1v) is 9.57. The molecule has 2 aromatic heterocycles. The first kappa shape index (κ1) is 17.7. The molecule has 28 heavy (non-hydrogen) atoms. The van der Waals surface area contributed by atoms with Crippen molar-refractivity contribution < 1.29 is 8.42 Å². The maximum Gasteiger partial charge on any atom is 0.314 e. The summed E-state index contributed by atoms with van der Waals surface area (Å²) >= 11 is 0. The zero-order chi connectivity index (χ0) is 19.9. The lowest BCUT2D eigenvalue weighted by molar-refractivity contribution is 0.600. The van der Waals surface area contributed by atoms with Crippen LogP contribution in [0.15, 0.2) is 63.5 Å². The normalized spacial score (nSPS) is 11.6. The van der Waals surface area contributed by atoms with Gasteiger partial charge in [0, 0.05) is 5.69 Å². The van der Waals surface area contributed by atoms with E-state index in [1.807, 2.05) is 0 Å². The number of nitrogens with zero attached hydrogens (tertiary/aromatic N) is 3. The van der Waals surface area contributed by atoms with Crippen molar-refractivity contribution in [1.82, 2.24) is 24.7 Å². The molecule has 0 spiro atoms. The highest BCUT2D eigenvalue weighted by Crippen LogP contribution is 2.23. The minimum atomic E-state index is -3.92. The molecule has 0 unspecified atom stereocenters. The molecule has 2 aromatic carbocycles. The van der Waals surface area contributed by atoms with Gasteiger partial charge in [-0.2, -0.15) is 5.10 Å². The molecule has 4 rings (SSSR count). The van der Waals surface area contributed by atoms with E-state index < -0.39 is 21.1 Å². The third kappa shape index (κ3) is 3.18. The zero-order valence-electron chi connectivity index (χ0n) is 14.5. The van der Waals surface area contributed by atoms with Gasteiger partial charge >= 0.3 is 11.1 Å². The van der Waals surface area contributed by atoms with Crippen LogP contribution < -0.4 is 15.8 Å². The number of aromatic amines is 2. The average molecular weight is 398 g/mol. The van der Waals surface area contributed by atoms with E-state index in [1.54, 1.807) is 35.9 Å². The maximum atomic E-state index is 12.8. The van der Waals surface area contributed by atoms with Crippen molar-refractivity contribution >= 4 is 26.7 Å². The summed E-state index contributed by atoms with van der Waals surface area (Å²) in [7, 11) is -3.92. The van der Waals surface area contributed by atoms with E-state index in [0.29, 0.717) is 16.8 Å². The first-order valence-electron chi connectivity index (χ1n) is 8.08. The van der Waals surface area contributed by atoms with Gasteiger partial charge in [-0.25, -0.2) is 18.1 Å². The van der Waals surface area contributed by atoms with Crippen molar-refractivity contribution in [2.75, 3.05) is 4.72 Å². The predicted molar refractivity (Wildman–Crippen MR) is 102 cm³/mol. The fourth-order valence-electron chi connectivity index (χ4n) is 2.78. The van der Waals surface area contributed by atoms with Gasteiger partial charge in [0.2, 0.25) is 0 Å². The van der Waals surface area contributed by atoms with Crippen LogP contribution in [0.2, 0.25) is 0 Å². The van der Waals surface area contributed by atoms with Gasteiger partial charge in [0.15, 0.2) is 0 Å². The Morgan fingerprint density at radius 3 is 2.25 bits per heavy atom. The molecule has 2 heterocycles. The lowest BCUT2D eigenvalue weighted by Crippen LogP contribution is -2.29. The molecule has 10 nitrogen and oxygen atoms in total. The topological polar surface area (TPSA) is 143 Å². The zero-order valence-corrected chi connectivity index (χ0v) is 15.3. The van der Waals surface area contributed by atoms with E-state index in [2.05, 4.69) is 24.8 Å². The van der Waals surface area contributed by atoms with E-state index >= 15 is 0 Å². The number of hydrogen-bond acceptors (Lipinski definition) is 6. The minimum absolute atomic E-state index is 0.0111. The Balaban J connectivity index is 1.70. The molecule has 0 amide bonds. The van der Waals surface area contributed by atoms with Crippen molar-refractivity contribution in [3.05, 3.63) is 75.3 Å². The number of aryl methyl sites for hydroxylation is 1. The van der Waals surface area contributed by atoms with Crippen LogP contribution in [0.1, 0.15) is 5.56 Å². The number of benzene rings is 2. The molecular formula is C17H14N6O4S. The number of fused-ring (bicyclic) bond motifs is 1. The van der Waals surface area contributed by atoms with Gasteiger partial charge in [0.1, 0.15) is 12.7 Å². The SMILES string of the molecule is Cc1cc2[nH]c(=O)c(=O)[nH]c2cc1S(=O)(=O)Nc1ccc(-n2cncn2)cc1. The molecule has 0 aliphatic carbocycles. The number of aromatic nitrogens is 5. The summed E-state index contributed by atoms with van der Waals surface area (Å²) in [5.74, 6) is 0. The summed E-state index contributed by atoms with van der Waals surface area (Å²) in [6.45, 7) is 1.60. The third-order valence-corrected chi connectivity index (χ3v) is 5.63. The molecule has 0 aliphatic rings. The highest BCUT2D eigenvalue weighted by atomic mass is 32.2. The summed E-state index contributed by atoms with van der Waals surface area (Å²) in [5, 5.41) is 4.00. The molecule has 142 valence electrons. The quantitative estimate of drug-likeness (QED) is 0.436. The van der Waals surface area contributed by atoms with Crippen LogP contribution in [0, 0.1) is 6.92 Å². The highest BCUT2D eigenvalue weighted by molar-refractivity contribution is 7.92.